The number of fused-ring (bicyclic) bond motifs is 1. The van der Waals surface area contributed by atoms with Gasteiger partial charge in [-0.1, -0.05) is 23.9 Å². The zero-order chi connectivity index (χ0) is 21.8. The number of ether oxygens (including phenoxy) is 1. The normalized spacial score (nSPS) is 10.7. The van der Waals surface area contributed by atoms with Crippen molar-refractivity contribution in [3.8, 4) is 6.07 Å². The molecular formula is C23H17N3O4S. The summed E-state index contributed by atoms with van der Waals surface area (Å²) in [5.74, 6) is 0.697. The largest absolute Gasteiger partial charge is 0.467 e. The number of hydrogen-bond donors (Lipinski definition) is 0. The van der Waals surface area contributed by atoms with Crippen molar-refractivity contribution >= 4 is 28.6 Å². The number of thioether (sulfide) groups is 1. The van der Waals surface area contributed by atoms with E-state index in [1.54, 1.807) is 53.3 Å². The van der Waals surface area contributed by atoms with E-state index in [4.69, 9.17) is 14.4 Å². The zero-order valence-electron chi connectivity index (χ0n) is 16.6. The van der Waals surface area contributed by atoms with Gasteiger partial charge >= 0.3 is 5.97 Å². The first-order valence-electron chi connectivity index (χ1n) is 9.36. The highest BCUT2D eigenvalue weighted by Gasteiger charge is 2.15. The fourth-order valence-electron chi connectivity index (χ4n) is 3.08. The van der Waals surface area contributed by atoms with Gasteiger partial charge < -0.3 is 9.15 Å². The predicted molar refractivity (Wildman–Crippen MR) is 116 cm³/mol. The van der Waals surface area contributed by atoms with Crippen molar-refractivity contribution in [2.24, 2.45) is 0 Å². The number of benzene rings is 2. The van der Waals surface area contributed by atoms with Crippen molar-refractivity contribution in [1.82, 2.24) is 9.55 Å². The second-order valence-electron chi connectivity index (χ2n) is 6.69. The zero-order valence-corrected chi connectivity index (χ0v) is 17.4. The van der Waals surface area contributed by atoms with Gasteiger partial charge in [-0.15, -0.1) is 0 Å². The van der Waals surface area contributed by atoms with Crippen LogP contribution in [0.5, 0.6) is 0 Å². The monoisotopic (exact) mass is 431 g/mol. The highest BCUT2D eigenvalue weighted by atomic mass is 32.2. The number of esters is 1. The topological polar surface area (TPSA) is 98.1 Å². The summed E-state index contributed by atoms with van der Waals surface area (Å²) in [6, 6.07) is 17.6. The highest BCUT2D eigenvalue weighted by molar-refractivity contribution is 7.98. The maximum Gasteiger partial charge on any atom is 0.337 e. The minimum atomic E-state index is -0.491. The Bertz CT molecular complexity index is 1340. The molecule has 2 aromatic heterocycles. The quantitative estimate of drug-likeness (QED) is 0.259. The molecule has 154 valence electrons. The second-order valence-corrected chi connectivity index (χ2v) is 7.63. The fourth-order valence-corrected chi connectivity index (χ4v) is 4.03. The van der Waals surface area contributed by atoms with Gasteiger partial charge in [0.05, 0.1) is 48.0 Å². The van der Waals surface area contributed by atoms with Gasteiger partial charge in [-0.3, -0.25) is 9.36 Å². The second kappa shape index (κ2) is 8.90. The van der Waals surface area contributed by atoms with E-state index >= 15 is 0 Å². The van der Waals surface area contributed by atoms with E-state index in [2.05, 4.69) is 11.1 Å². The van der Waals surface area contributed by atoms with Crippen molar-refractivity contribution < 1.29 is 13.9 Å². The first-order valence-corrected chi connectivity index (χ1v) is 10.3. The Morgan fingerprint density at radius 2 is 2.03 bits per heavy atom. The Kier molecular flexibility index (Phi) is 5.87. The summed E-state index contributed by atoms with van der Waals surface area (Å²) in [5.41, 5.74) is 2.11. The number of methoxy groups -OCH3 is 1. The summed E-state index contributed by atoms with van der Waals surface area (Å²) < 4.78 is 11.8. The summed E-state index contributed by atoms with van der Waals surface area (Å²) in [6.45, 7) is 0.239. The molecule has 31 heavy (non-hydrogen) atoms. The molecule has 0 N–H and O–H groups in total. The number of carbonyl (C=O) groups is 1. The standard InChI is InChI=1S/C23H17N3O4S/c1-29-22(28)17-8-9-19-20(11-17)25-23(26(21(19)27)13-18-3-2-10-30-18)31-14-16-6-4-15(12-24)5-7-16/h2-11H,13-14H2,1H3. The van der Waals surface area contributed by atoms with Gasteiger partial charge in [-0.25, -0.2) is 9.78 Å². The van der Waals surface area contributed by atoms with Crippen LogP contribution in [0.25, 0.3) is 10.9 Å². The van der Waals surface area contributed by atoms with E-state index < -0.39 is 5.97 Å². The minimum Gasteiger partial charge on any atom is -0.467 e. The van der Waals surface area contributed by atoms with Gasteiger partial charge in [-0.2, -0.15) is 5.26 Å². The third-order valence-electron chi connectivity index (χ3n) is 4.69. The van der Waals surface area contributed by atoms with Gasteiger partial charge in [0.2, 0.25) is 0 Å². The number of carbonyl (C=O) groups excluding carboxylic acids is 1. The molecule has 0 amide bonds. The van der Waals surface area contributed by atoms with E-state index in [0.717, 1.165) is 5.56 Å². The van der Waals surface area contributed by atoms with Crippen molar-refractivity contribution in [2.75, 3.05) is 7.11 Å². The molecule has 0 bridgehead atoms. The molecule has 0 fully saturated rings. The number of rotatable bonds is 6. The first-order chi connectivity index (χ1) is 15.1. The molecule has 0 saturated carbocycles. The Labute approximate surface area is 181 Å². The summed E-state index contributed by atoms with van der Waals surface area (Å²) in [7, 11) is 1.31. The van der Waals surface area contributed by atoms with Crippen LogP contribution in [0.1, 0.15) is 27.2 Å². The molecule has 0 atom stereocenters. The molecule has 4 aromatic rings. The van der Waals surface area contributed by atoms with Crippen LogP contribution in [-0.2, 0) is 17.0 Å². The van der Waals surface area contributed by atoms with Crippen LogP contribution in [0.15, 0.2) is 75.2 Å². The van der Waals surface area contributed by atoms with E-state index in [0.29, 0.717) is 38.7 Å². The lowest BCUT2D eigenvalue weighted by atomic mass is 10.1. The van der Waals surface area contributed by atoms with Crippen LogP contribution in [0.4, 0.5) is 0 Å². The Morgan fingerprint density at radius 3 is 2.71 bits per heavy atom. The van der Waals surface area contributed by atoms with Crippen molar-refractivity contribution in [2.45, 2.75) is 17.5 Å². The molecule has 0 spiro atoms. The van der Waals surface area contributed by atoms with Gasteiger partial charge in [0.15, 0.2) is 5.16 Å². The molecule has 8 heteroatoms. The molecule has 0 aliphatic heterocycles. The molecule has 0 radical (unpaired) electrons. The molecule has 0 saturated heterocycles. The molecule has 2 heterocycles. The van der Waals surface area contributed by atoms with Crippen molar-refractivity contribution in [3.05, 3.63) is 93.7 Å². The SMILES string of the molecule is COC(=O)c1ccc2c(=O)n(Cc3ccco3)c(SCc3ccc(C#N)cc3)nc2c1. The summed E-state index contributed by atoms with van der Waals surface area (Å²) in [5, 5.41) is 9.87. The molecular weight excluding hydrogens is 414 g/mol. The van der Waals surface area contributed by atoms with Crippen LogP contribution in [0.3, 0.4) is 0 Å². The molecule has 2 aromatic carbocycles. The van der Waals surface area contributed by atoms with Crippen molar-refractivity contribution in [3.63, 3.8) is 0 Å². The van der Waals surface area contributed by atoms with Crippen LogP contribution in [-0.4, -0.2) is 22.6 Å². The summed E-state index contributed by atoms with van der Waals surface area (Å²) in [4.78, 5) is 29.8. The lowest BCUT2D eigenvalue weighted by Crippen LogP contribution is -2.24. The minimum absolute atomic E-state index is 0.222. The van der Waals surface area contributed by atoms with Crippen molar-refractivity contribution in [1.29, 1.82) is 5.26 Å². The first kappa shape index (κ1) is 20.4. The molecule has 4 rings (SSSR count). The van der Waals surface area contributed by atoms with Gasteiger partial charge in [0.1, 0.15) is 5.76 Å². The summed E-state index contributed by atoms with van der Waals surface area (Å²) >= 11 is 1.40. The lowest BCUT2D eigenvalue weighted by molar-refractivity contribution is 0.0601. The Hall–Kier alpha value is -3.83. The van der Waals surface area contributed by atoms with E-state index in [9.17, 15) is 9.59 Å². The average Bonchev–Trinajstić information content (AvgIpc) is 3.32. The third-order valence-corrected chi connectivity index (χ3v) is 5.73. The van der Waals surface area contributed by atoms with Gasteiger partial charge in [-0.05, 0) is 48.0 Å². The number of hydrogen-bond acceptors (Lipinski definition) is 7. The molecule has 0 unspecified atom stereocenters. The maximum atomic E-state index is 13.2. The smallest absolute Gasteiger partial charge is 0.337 e. The number of furan rings is 1. The van der Waals surface area contributed by atoms with E-state index in [1.165, 1.54) is 18.9 Å². The molecule has 7 nitrogen and oxygen atoms in total. The van der Waals surface area contributed by atoms with Crippen LogP contribution in [0.2, 0.25) is 0 Å². The number of aromatic nitrogens is 2. The van der Waals surface area contributed by atoms with Crippen LogP contribution in [0, 0.1) is 11.3 Å². The van der Waals surface area contributed by atoms with Gasteiger partial charge in [0, 0.05) is 5.75 Å². The average molecular weight is 431 g/mol. The Balaban J connectivity index is 1.75. The van der Waals surface area contributed by atoms with Crippen LogP contribution >= 0.6 is 11.8 Å². The van der Waals surface area contributed by atoms with Gasteiger partial charge in [0.25, 0.3) is 5.56 Å². The number of nitrogens with zero attached hydrogens (tertiary/aromatic N) is 3. The lowest BCUT2D eigenvalue weighted by Gasteiger charge is -2.13. The number of nitriles is 1. The Morgan fingerprint density at radius 1 is 1.23 bits per heavy atom. The summed E-state index contributed by atoms with van der Waals surface area (Å²) in [6.07, 6.45) is 1.56. The third kappa shape index (κ3) is 4.37. The molecule has 0 aliphatic rings. The van der Waals surface area contributed by atoms with E-state index in [-0.39, 0.29) is 12.1 Å². The van der Waals surface area contributed by atoms with E-state index in [1.807, 2.05) is 12.1 Å². The van der Waals surface area contributed by atoms with Crippen LogP contribution < -0.4 is 5.56 Å². The highest BCUT2D eigenvalue weighted by Crippen LogP contribution is 2.24. The molecule has 0 aliphatic carbocycles. The maximum absolute atomic E-state index is 13.2. The fraction of sp³-hybridized carbons (Fsp3) is 0.130. The predicted octanol–water partition coefficient (Wildman–Crippen LogP) is 3.99.